The lowest BCUT2D eigenvalue weighted by atomic mass is 9.72. The largest absolute Gasteiger partial charge is 0.491 e. The summed E-state index contributed by atoms with van der Waals surface area (Å²) < 4.78 is 33.9. The molecule has 0 radical (unpaired) electrons. The van der Waals surface area contributed by atoms with Crippen molar-refractivity contribution in [3.8, 4) is 5.75 Å². The zero-order valence-electron chi connectivity index (χ0n) is 19.7. The van der Waals surface area contributed by atoms with E-state index in [9.17, 15) is 13.2 Å². The third-order valence-electron chi connectivity index (χ3n) is 5.97. The van der Waals surface area contributed by atoms with E-state index < -0.39 is 15.5 Å². The number of carbonyl (C=O) groups is 1. The van der Waals surface area contributed by atoms with Crippen LogP contribution in [0.4, 0.5) is 0 Å². The average molecular weight is 528 g/mol. The third-order valence-corrected chi connectivity index (χ3v) is 7.30. The van der Waals surface area contributed by atoms with Crippen LogP contribution in [-0.2, 0) is 30.9 Å². The van der Waals surface area contributed by atoms with E-state index in [1.165, 1.54) is 0 Å². The van der Waals surface area contributed by atoms with Crippen molar-refractivity contribution in [3.63, 3.8) is 0 Å². The normalized spacial score (nSPS) is 18.8. The highest BCUT2D eigenvalue weighted by atomic mass is 35.5. The van der Waals surface area contributed by atoms with Crippen LogP contribution in [-0.4, -0.2) is 51.3 Å². The molecule has 1 saturated heterocycles. The van der Waals surface area contributed by atoms with Crippen molar-refractivity contribution >= 4 is 39.2 Å². The summed E-state index contributed by atoms with van der Waals surface area (Å²) in [6, 6.07) is 13.0. The van der Waals surface area contributed by atoms with Crippen LogP contribution in [0.2, 0.25) is 10.0 Å². The second-order valence-corrected chi connectivity index (χ2v) is 11.6. The lowest BCUT2D eigenvalue weighted by molar-refractivity contribution is -0.132. The summed E-state index contributed by atoms with van der Waals surface area (Å²) in [6.45, 7) is 5.02. The van der Waals surface area contributed by atoms with Gasteiger partial charge in [0.05, 0.1) is 35.4 Å². The predicted molar refractivity (Wildman–Crippen MR) is 135 cm³/mol. The quantitative estimate of drug-likeness (QED) is 0.416. The molecule has 1 atom stereocenters. The molecule has 1 aliphatic rings. The molecule has 0 spiro atoms. The van der Waals surface area contributed by atoms with Gasteiger partial charge in [-0.05, 0) is 68.5 Å². The highest BCUT2D eigenvalue weighted by molar-refractivity contribution is 7.85. The van der Waals surface area contributed by atoms with Gasteiger partial charge in [-0.1, -0.05) is 41.4 Å². The number of carbonyl (C=O) groups excluding carboxylic acids is 1. The number of rotatable bonds is 9. The van der Waals surface area contributed by atoms with Gasteiger partial charge in [0, 0.05) is 18.5 Å². The highest BCUT2D eigenvalue weighted by Crippen LogP contribution is 2.40. The Labute approximate surface area is 212 Å². The SMILES string of the molecule is CC(C)Oc1cccc(CC(=O)N2CCC[C@@](CCOS(C)(=O)=O)(c3ccc(Cl)c(Cl)c3)C2)c1. The summed E-state index contributed by atoms with van der Waals surface area (Å²) in [4.78, 5) is 15.1. The molecule has 1 amide bonds. The fraction of sp³-hybridized carbons (Fsp3) is 0.480. The maximum atomic E-state index is 13.3. The number of benzene rings is 2. The highest BCUT2D eigenvalue weighted by Gasteiger charge is 2.39. The number of nitrogens with zero attached hydrogens (tertiary/aromatic N) is 1. The molecular formula is C25H31Cl2NO5S. The summed E-state index contributed by atoms with van der Waals surface area (Å²) in [5.74, 6) is 0.747. The molecule has 9 heteroatoms. The Kier molecular flexibility index (Phi) is 8.90. The summed E-state index contributed by atoms with van der Waals surface area (Å²) >= 11 is 12.4. The number of hydrogen-bond acceptors (Lipinski definition) is 5. The van der Waals surface area contributed by atoms with Crippen molar-refractivity contribution < 1.29 is 22.1 Å². The lowest BCUT2D eigenvalue weighted by Gasteiger charge is -2.43. The number of hydrogen-bond donors (Lipinski definition) is 0. The number of amides is 1. The number of halogens is 2. The minimum absolute atomic E-state index is 0.00913. The van der Waals surface area contributed by atoms with Gasteiger partial charge in [0.25, 0.3) is 10.1 Å². The molecule has 6 nitrogen and oxygen atoms in total. The van der Waals surface area contributed by atoms with E-state index in [1.54, 1.807) is 6.07 Å². The van der Waals surface area contributed by atoms with Crippen LogP contribution in [0.3, 0.4) is 0 Å². The first kappa shape index (κ1) is 26.8. The van der Waals surface area contributed by atoms with Crippen LogP contribution in [0, 0.1) is 0 Å². The summed E-state index contributed by atoms with van der Waals surface area (Å²) in [5, 5.41) is 0.869. The van der Waals surface area contributed by atoms with E-state index in [0.29, 0.717) is 29.6 Å². The standard InChI is InChI=1S/C25H31Cl2NO5S/c1-18(2)33-21-7-4-6-19(14-21)15-24(29)28-12-5-10-25(17-28,11-13-32-34(3,30)31)20-8-9-22(26)23(27)16-20/h4,6-9,14,16,18H,5,10-13,15,17H2,1-3H3/t25-/m0/s1. The van der Waals surface area contributed by atoms with E-state index in [0.717, 1.165) is 36.0 Å². The van der Waals surface area contributed by atoms with Crippen molar-refractivity contribution in [2.75, 3.05) is 26.0 Å². The van der Waals surface area contributed by atoms with Crippen molar-refractivity contribution in [3.05, 3.63) is 63.6 Å². The molecule has 1 fully saturated rings. The zero-order valence-corrected chi connectivity index (χ0v) is 22.0. The van der Waals surface area contributed by atoms with E-state index in [1.807, 2.05) is 55.1 Å². The van der Waals surface area contributed by atoms with Crippen LogP contribution in [0.1, 0.15) is 44.2 Å². The molecule has 34 heavy (non-hydrogen) atoms. The van der Waals surface area contributed by atoms with Crippen LogP contribution in [0.15, 0.2) is 42.5 Å². The van der Waals surface area contributed by atoms with Crippen molar-refractivity contribution in [1.29, 1.82) is 0 Å². The summed E-state index contributed by atoms with van der Waals surface area (Å²) in [5.41, 5.74) is 1.31. The van der Waals surface area contributed by atoms with Crippen molar-refractivity contribution in [2.24, 2.45) is 0 Å². The van der Waals surface area contributed by atoms with Gasteiger partial charge in [-0.2, -0.15) is 8.42 Å². The van der Waals surface area contributed by atoms with Gasteiger partial charge in [-0.3, -0.25) is 8.98 Å². The number of piperidine rings is 1. The van der Waals surface area contributed by atoms with Crippen molar-refractivity contribution in [2.45, 2.75) is 51.0 Å². The molecule has 3 rings (SSSR count). The molecule has 1 heterocycles. The first-order valence-corrected chi connectivity index (χ1v) is 13.9. The van der Waals surface area contributed by atoms with Gasteiger partial charge >= 0.3 is 0 Å². The molecule has 2 aromatic rings. The first-order valence-electron chi connectivity index (χ1n) is 11.3. The molecule has 0 aliphatic carbocycles. The Morgan fingerprint density at radius 1 is 1.15 bits per heavy atom. The fourth-order valence-corrected chi connectivity index (χ4v) is 5.11. The van der Waals surface area contributed by atoms with Gasteiger partial charge in [-0.15, -0.1) is 0 Å². The molecule has 0 N–H and O–H groups in total. The van der Waals surface area contributed by atoms with Crippen LogP contribution < -0.4 is 4.74 Å². The van der Waals surface area contributed by atoms with Crippen LogP contribution in [0.25, 0.3) is 0 Å². The van der Waals surface area contributed by atoms with Gasteiger partial charge in [-0.25, -0.2) is 0 Å². The topological polar surface area (TPSA) is 72.9 Å². The van der Waals surface area contributed by atoms with Crippen LogP contribution >= 0.6 is 23.2 Å². The fourth-order valence-electron chi connectivity index (χ4n) is 4.43. The third kappa shape index (κ3) is 7.35. The molecule has 0 unspecified atom stereocenters. The Morgan fingerprint density at radius 2 is 1.91 bits per heavy atom. The van der Waals surface area contributed by atoms with Crippen molar-refractivity contribution in [1.82, 2.24) is 4.90 Å². The van der Waals surface area contributed by atoms with E-state index in [4.69, 9.17) is 32.1 Å². The van der Waals surface area contributed by atoms with E-state index in [-0.39, 0.29) is 25.0 Å². The van der Waals surface area contributed by atoms with Gasteiger partial charge in [0.2, 0.25) is 5.91 Å². The minimum Gasteiger partial charge on any atom is -0.491 e. The molecule has 1 aliphatic heterocycles. The Morgan fingerprint density at radius 3 is 2.59 bits per heavy atom. The Balaban J connectivity index is 1.81. The molecule has 186 valence electrons. The molecular weight excluding hydrogens is 497 g/mol. The maximum absolute atomic E-state index is 13.3. The van der Waals surface area contributed by atoms with Crippen LogP contribution in [0.5, 0.6) is 5.75 Å². The zero-order chi connectivity index (χ0) is 24.9. The second kappa shape index (κ2) is 11.3. The Hall–Kier alpha value is -1.80. The monoisotopic (exact) mass is 527 g/mol. The van der Waals surface area contributed by atoms with E-state index >= 15 is 0 Å². The van der Waals surface area contributed by atoms with Gasteiger partial charge < -0.3 is 9.64 Å². The smallest absolute Gasteiger partial charge is 0.264 e. The number of ether oxygens (including phenoxy) is 1. The summed E-state index contributed by atoms with van der Waals surface area (Å²) in [6.07, 6.45) is 3.33. The minimum atomic E-state index is -3.57. The number of likely N-dealkylation sites (tertiary alicyclic amines) is 1. The lowest BCUT2D eigenvalue weighted by Crippen LogP contribution is -2.49. The molecule has 0 bridgehead atoms. The molecule has 2 aromatic carbocycles. The molecule has 0 aromatic heterocycles. The first-order chi connectivity index (χ1) is 16.0. The van der Waals surface area contributed by atoms with E-state index in [2.05, 4.69) is 0 Å². The summed E-state index contributed by atoms with van der Waals surface area (Å²) in [7, 11) is -3.57. The average Bonchev–Trinajstić information content (AvgIpc) is 2.74. The van der Waals surface area contributed by atoms with Gasteiger partial charge in [0.15, 0.2) is 0 Å². The second-order valence-electron chi connectivity index (χ2n) is 9.09. The molecule has 0 saturated carbocycles. The van der Waals surface area contributed by atoms with Gasteiger partial charge in [0.1, 0.15) is 5.75 Å². The predicted octanol–water partition coefficient (Wildman–Crippen LogP) is 5.25. The maximum Gasteiger partial charge on any atom is 0.264 e. The Bertz CT molecular complexity index is 1120.